The Morgan fingerprint density at radius 1 is 1.29 bits per heavy atom. The first-order valence-electron chi connectivity index (χ1n) is 7.97. The third-order valence-electron chi connectivity index (χ3n) is 3.83. The number of fused-ring (bicyclic) bond motifs is 1. The molecule has 2 aromatic rings. The van der Waals surface area contributed by atoms with Gasteiger partial charge in [-0.05, 0) is 31.2 Å². The van der Waals surface area contributed by atoms with Crippen molar-refractivity contribution in [2.45, 2.75) is 25.8 Å². The van der Waals surface area contributed by atoms with E-state index in [9.17, 15) is 9.59 Å². The molecule has 1 aliphatic heterocycles. The van der Waals surface area contributed by atoms with Crippen LogP contribution in [0.15, 0.2) is 47.1 Å². The predicted molar refractivity (Wildman–Crippen MR) is 88.9 cm³/mol. The number of ether oxygens (including phenoxy) is 1. The van der Waals surface area contributed by atoms with Gasteiger partial charge in [0.15, 0.2) is 0 Å². The Morgan fingerprint density at radius 3 is 2.92 bits per heavy atom. The van der Waals surface area contributed by atoms with Crippen LogP contribution in [0.4, 0.5) is 5.69 Å². The molecule has 6 heteroatoms. The summed E-state index contributed by atoms with van der Waals surface area (Å²) in [5.74, 6) is 1.11. The summed E-state index contributed by atoms with van der Waals surface area (Å²) < 4.78 is 10.9. The molecular formula is C18H20N2O4. The van der Waals surface area contributed by atoms with E-state index in [1.54, 1.807) is 18.4 Å². The molecular weight excluding hydrogens is 308 g/mol. The van der Waals surface area contributed by atoms with Crippen molar-refractivity contribution in [3.8, 4) is 5.75 Å². The van der Waals surface area contributed by atoms with Gasteiger partial charge in [0.2, 0.25) is 11.8 Å². The van der Waals surface area contributed by atoms with Gasteiger partial charge >= 0.3 is 0 Å². The number of nitrogens with one attached hydrogen (secondary N) is 1. The second-order valence-electron chi connectivity index (χ2n) is 5.80. The fourth-order valence-electron chi connectivity index (χ4n) is 2.74. The van der Waals surface area contributed by atoms with E-state index in [0.717, 1.165) is 5.76 Å². The molecule has 0 saturated carbocycles. The summed E-state index contributed by atoms with van der Waals surface area (Å²) >= 11 is 0. The average molecular weight is 328 g/mol. The topological polar surface area (TPSA) is 71.8 Å². The molecule has 3 rings (SSSR count). The molecule has 0 bridgehead atoms. The van der Waals surface area contributed by atoms with E-state index >= 15 is 0 Å². The lowest BCUT2D eigenvalue weighted by molar-refractivity contribution is -0.124. The number of amides is 2. The molecule has 1 aromatic heterocycles. The quantitative estimate of drug-likeness (QED) is 0.913. The molecule has 2 heterocycles. The third kappa shape index (κ3) is 3.76. The minimum atomic E-state index is -0.209. The minimum absolute atomic E-state index is 0.0261. The van der Waals surface area contributed by atoms with E-state index < -0.39 is 0 Å². The summed E-state index contributed by atoms with van der Waals surface area (Å²) in [7, 11) is 0. The maximum absolute atomic E-state index is 12.3. The summed E-state index contributed by atoms with van der Waals surface area (Å²) in [5, 5.41) is 2.90. The zero-order valence-electron chi connectivity index (χ0n) is 13.5. The Morgan fingerprint density at radius 2 is 2.12 bits per heavy atom. The largest absolute Gasteiger partial charge is 0.491 e. The highest BCUT2D eigenvalue weighted by Crippen LogP contribution is 2.30. The van der Waals surface area contributed by atoms with Crippen molar-refractivity contribution < 1.29 is 18.7 Å². The number of furan rings is 1. The van der Waals surface area contributed by atoms with Gasteiger partial charge in [-0.15, -0.1) is 0 Å². The standard InChI is InChI=1S/C18H20N2O4/c1-13(11-14-5-4-9-23-14)19-17(21)12-20-15-6-2-3-7-16(15)24-10-8-18(20)22/h2-7,9,13H,8,10-12H2,1H3,(H,19,21)/t13-/m1/s1. The molecule has 0 aliphatic carbocycles. The van der Waals surface area contributed by atoms with Crippen LogP contribution < -0.4 is 15.0 Å². The smallest absolute Gasteiger partial charge is 0.240 e. The van der Waals surface area contributed by atoms with E-state index in [1.165, 1.54) is 4.90 Å². The number of anilines is 1. The summed E-state index contributed by atoms with van der Waals surface area (Å²) in [6, 6.07) is 10.9. The fourth-order valence-corrected chi connectivity index (χ4v) is 2.74. The van der Waals surface area contributed by atoms with Gasteiger partial charge in [0.05, 0.1) is 25.0 Å². The van der Waals surface area contributed by atoms with Crippen LogP contribution in [-0.4, -0.2) is 31.0 Å². The van der Waals surface area contributed by atoms with Crippen LogP contribution in [0.1, 0.15) is 19.1 Å². The monoisotopic (exact) mass is 328 g/mol. The van der Waals surface area contributed by atoms with Crippen molar-refractivity contribution in [3.05, 3.63) is 48.4 Å². The molecule has 0 fully saturated rings. The molecule has 2 amide bonds. The van der Waals surface area contributed by atoms with E-state index in [4.69, 9.17) is 9.15 Å². The molecule has 0 saturated heterocycles. The Labute approximate surface area is 140 Å². The summed E-state index contributed by atoms with van der Waals surface area (Å²) in [4.78, 5) is 26.1. The molecule has 24 heavy (non-hydrogen) atoms. The normalized spacial score (nSPS) is 15.2. The Kier molecular flexibility index (Phi) is 4.84. The van der Waals surface area contributed by atoms with Gasteiger partial charge in [0.25, 0.3) is 0 Å². The first-order chi connectivity index (χ1) is 11.6. The van der Waals surface area contributed by atoms with Crippen LogP contribution in [-0.2, 0) is 16.0 Å². The Hall–Kier alpha value is -2.76. The summed E-state index contributed by atoms with van der Waals surface area (Å²) in [5.41, 5.74) is 0.633. The van der Waals surface area contributed by atoms with Crippen molar-refractivity contribution >= 4 is 17.5 Å². The van der Waals surface area contributed by atoms with E-state index in [1.807, 2.05) is 31.2 Å². The number of carbonyl (C=O) groups is 2. The van der Waals surface area contributed by atoms with Crippen LogP contribution in [0.3, 0.4) is 0 Å². The molecule has 0 radical (unpaired) electrons. The predicted octanol–water partition coefficient (Wildman–Crippen LogP) is 2.14. The van der Waals surface area contributed by atoms with Crippen LogP contribution in [0.5, 0.6) is 5.75 Å². The van der Waals surface area contributed by atoms with Crippen LogP contribution in [0, 0.1) is 0 Å². The number of hydrogen-bond donors (Lipinski definition) is 1. The lowest BCUT2D eigenvalue weighted by Gasteiger charge is -2.22. The molecule has 1 N–H and O–H groups in total. The molecule has 126 valence electrons. The summed E-state index contributed by atoms with van der Waals surface area (Å²) in [6.45, 7) is 2.20. The number of benzene rings is 1. The van der Waals surface area contributed by atoms with E-state index in [-0.39, 0.29) is 30.8 Å². The van der Waals surface area contributed by atoms with E-state index in [0.29, 0.717) is 24.5 Å². The van der Waals surface area contributed by atoms with Gasteiger partial charge in [-0.2, -0.15) is 0 Å². The van der Waals surface area contributed by atoms with Crippen molar-refractivity contribution in [2.24, 2.45) is 0 Å². The average Bonchev–Trinajstić information content (AvgIpc) is 3.00. The van der Waals surface area contributed by atoms with Crippen LogP contribution in [0.2, 0.25) is 0 Å². The second kappa shape index (κ2) is 7.21. The lowest BCUT2D eigenvalue weighted by Crippen LogP contribution is -2.44. The Balaban J connectivity index is 1.65. The van der Waals surface area contributed by atoms with Gasteiger partial charge in [-0.3, -0.25) is 14.5 Å². The van der Waals surface area contributed by atoms with Crippen molar-refractivity contribution in [2.75, 3.05) is 18.1 Å². The van der Waals surface area contributed by atoms with Gasteiger partial charge < -0.3 is 14.5 Å². The molecule has 1 aliphatic rings. The number of nitrogens with zero attached hydrogens (tertiary/aromatic N) is 1. The molecule has 6 nitrogen and oxygen atoms in total. The number of hydrogen-bond acceptors (Lipinski definition) is 4. The maximum atomic E-state index is 12.3. The zero-order chi connectivity index (χ0) is 16.9. The third-order valence-corrected chi connectivity index (χ3v) is 3.83. The SMILES string of the molecule is C[C@H](Cc1ccco1)NC(=O)CN1C(=O)CCOc2ccccc21. The highest BCUT2D eigenvalue weighted by atomic mass is 16.5. The van der Waals surface area contributed by atoms with Gasteiger partial charge in [0.1, 0.15) is 18.1 Å². The second-order valence-corrected chi connectivity index (χ2v) is 5.80. The van der Waals surface area contributed by atoms with Crippen molar-refractivity contribution in [1.82, 2.24) is 5.32 Å². The Bertz CT molecular complexity index is 712. The molecule has 0 spiro atoms. The van der Waals surface area contributed by atoms with Crippen molar-refractivity contribution in [3.63, 3.8) is 0 Å². The molecule has 1 aromatic carbocycles. The van der Waals surface area contributed by atoms with Gasteiger partial charge in [-0.1, -0.05) is 12.1 Å². The van der Waals surface area contributed by atoms with Crippen LogP contribution in [0.25, 0.3) is 0 Å². The first kappa shape index (κ1) is 16.1. The summed E-state index contributed by atoms with van der Waals surface area (Å²) in [6.07, 6.45) is 2.47. The molecule has 0 unspecified atom stereocenters. The minimum Gasteiger partial charge on any atom is -0.491 e. The maximum Gasteiger partial charge on any atom is 0.240 e. The van der Waals surface area contributed by atoms with Gasteiger partial charge in [0, 0.05) is 12.5 Å². The number of carbonyl (C=O) groups excluding carboxylic acids is 2. The van der Waals surface area contributed by atoms with Gasteiger partial charge in [-0.25, -0.2) is 0 Å². The zero-order valence-corrected chi connectivity index (χ0v) is 13.5. The lowest BCUT2D eigenvalue weighted by atomic mass is 10.2. The first-order valence-corrected chi connectivity index (χ1v) is 7.97. The number of rotatable bonds is 5. The van der Waals surface area contributed by atoms with Crippen LogP contribution >= 0.6 is 0 Å². The fraction of sp³-hybridized carbons (Fsp3) is 0.333. The highest BCUT2D eigenvalue weighted by molar-refractivity contribution is 6.00. The number of para-hydroxylation sites is 2. The van der Waals surface area contributed by atoms with E-state index in [2.05, 4.69) is 5.32 Å². The highest BCUT2D eigenvalue weighted by Gasteiger charge is 2.25. The van der Waals surface area contributed by atoms with Crippen molar-refractivity contribution in [1.29, 1.82) is 0 Å². The molecule has 1 atom stereocenters.